The number of pyridine rings is 1. The zero-order chi connectivity index (χ0) is 21.6. The first-order chi connectivity index (χ1) is 15.1. The highest BCUT2D eigenvalue weighted by atomic mass is 16.5. The van der Waals surface area contributed by atoms with Gasteiger partial charge in [-0.1, -0.05) is 36.4 Å². The third-order valence-corrected chi connectivity index (χ3v) is 4.72. The molecule has 31 heavy (non-hydrogen) atoms. The van der Waals surface area contributed by atoms with Crippen molar-refractivity contribution in [2.75, 3.05) is 11.9 Å². The SMILES string of the molecule is Cc1cccc(Oc2ccccc2NC(=O)CNC(=O)c2cccc3ccncc23)c1. The number of carbonyl (C=O) groups is 2. The fourth-order valence-corrected chi connectivity index (χ4v) is 3.23. The van der Waals surface area contributed by atoms with Crippen LogP contribution in [0.3, 0.4) is 0 Å². The summed E-state index contributed by atoms with van der Waals surface area (Å²) in [6.07, 6.45) is 3.32. The first-order valence-electron chi connectivity index (χ1n) is 9.84. The topological polar surface area (TPSA) is 80.3 Å². The summed E-state index contributed by atoms with van der Waals surface area (Å²) in [4.78, 5) is 29.2. The average Bonchev–Trinajstić information content (AvgIpc) is 2.78. The molecule has 2 N–H and O–H groups in total. The highest BCUT2D eigenvalue weighted by molar-refractivity contribution is 6.08. The summed E-state index contributed by atoms with van der Waals surface area (Å²) in [7, 11) is 0. The van der Waals surface area contributed by atoms with Crippen LogP contribution in [0.5, 0.6) is 11.5 Å². The number of nitrogens with zero attached hydrogens (tertiary/aromatic N) is 1. The molecule has 0 aliphatic carbocycles. The molecule has 0 aliphatic rings. The van der Waals surface area contributed by atoms with Gasteiger partial charge in [0.15, 0.2) is 5.75 Å². The summed E-state index contributed by atoms with van der Waals surface area (Å²) in [5.41, 5.74) is 2.07. The van der Waals surface area contributed by atoms with E-state index in [-0.39, 0.29) is 18.4 Å². The first kappa shape index (κ1) is 20.1. The number of aryl methyl sites for hydroxylation is 1. The Morgan fingerprint density at radius 1 is 0.968 bits per heavy atom. The molecule has 1 aromatic heterocycles. The quantitative estimate of drug-likeness (QED) is 0.482. The van der Waals surface area contributed by atoms with Crippen molar-refractivity contribution < 1.29 is 14.3 Å². The molecule has 0 bridgehead atoms. The number of carbonyl (C=O) groups excluding carboxylic acids is 2. The minimum Gasteiger partial charge on any atom is -0.455 e. The van der Waals surface area contributed by atoms with Crippen molar-refractivity contribution in [2.24, 2.45) is 0 Å². The number of hydrogen-bond acceptors (Lipinski definition) is 4. The summed E-state index contributed by atoms with van der Waals surface area (Å²) in [6, 6.07) is 22.1. The van der Waals surface area contributed by atoms with Crippen molar-refractivity contribution in [1.29, 1.82) is 0 Å². The Hall–Kier alpha value is -4.19. The molecule has 0 saturated carbocycles. The largest absolute Gasteiger partial charge is 0.455 e. The van der Waals surface area contributed by atoms with Crippen molar-refractivity contribution in [3.8, 4) is 11.5 Å². The molecule has 6 nitrogen and oxygen atoms in total. The molecule has 0 unspecified atom stereocenters. The molecule has 0 saturated heterocycles. The number of rotatable bonds is 6. The maximum Gasteiger partial charge on any atom is 0.252 e. The third-order valence-electron chi connectivity index (χ3n) is 4.72. The number of amides is 2. The average molecular weight is 411 g/mol. The number of anilines is 1. The van der Waals surface area contributed by atoms with Crippen molar-refractivity contribution >= 4 is 28.3 Å². The van der Waals surface area contributed by atoms with Gasteiger partial charge in [-0.15, -0.1) is 0 Å². The van der Waals surface area contributed by atoms with Crippen molar-refractivity contribution in [1.82, 2.24) is 10.3 Å². The molecule has 1 heterocycles. The second kappa shape index (κ2) is 9.09. The lowest BCUT2D eigenvalue weighted by Crippen LogP contribution is -2.33. The molecule has 0 spiro atoms. The molecule has 0 fully saturated rings. The lowest BCUT2D eigenvalue weighted by Gasteiger charge is -2.13. The second-order valence-corrected chi connectivity index (χ2v) is 7.05. The molecule has 154 valence electrons. The lowest BCUT2D eigenvalue weighted by atomic mass is 10.1. The van der Waals surface area contributed by atoms with Gasteiger partial charge < -0.3 is 15.4 Å². The monoisotopic (exact) mass is 411 g/mol. The number of para-hydroxylation sites is 2. The zero-order valence-electron chi connectivity index (χ0n) is 17.0. The Morgan fingerprint density at radius 2 is 1.81 bits per heavy atom. The van der Waals surface area contributed by atoms with Crippen LogP contribution in [0, 0.1) is 6.92 Å². The van der Waals surface area contributed by atoms with Crippen LogP contribution in [0.25, 0.3) is 10.8 Å². The smallest absolute Gasteiger partial charge is 0.252 e. The van der Waals surface area contributed by atoms with Gasteiger partial charge in [0, 0.05) is 23.3 Å². The Kier molecular flexibility index (Phi) is 5.89. The van der Waals surface area contributed by atoms with E-state index in [2.05, 4.69) is 15.6 Å². The zero-order valence-corrected chi connectivity index (χ0v) is 17.0. The van der Waals surface area contributed by atoms with Gasteiger partial charge in [-0.25, -0.2) is 0 Å². The predicted molar refractivity (Wildman–Crippen MR) is 120 cm³/mol. The highest BCUT2D eigenvalue weighted by Crippen LogP contribution is 2.29. The molecule has 0 aliphatic heterocycles. The minimum absolute atomic E-state index is 0.172. The van der Waals surface area contributed by atoms with E-state index in [1.807, 2.05) is 49.4 Å². The van der Waals surface area contributed by atoms with E-state index < -0.39 is 0 Å². The van der Waals surface area contributed by atoms with Gasteiger partial charge in [-0.05, 0) is 54.3 Å². The number of fused-ring (bicyclic) bond motifs is 1. The molecule has 4 aromatic rings. The van der Waals surface area contributed by atoms with Crippen LogP contribution in [0.1, 0.15) is 15.9 Å². The Labute approximate surface area is 179 Å². The van der Waals surface area contributed by atoms with Gasteiger partial charge in [0.2, 0.25) is 5.91 Å². The van der Waals surface area contributed by atoms with Crippen molar-refractivity contribution in [3.63, 3.8) is 0 Å². The maximum absolute atomic E-state index is 12.6. The number of nitrogens with one attached hydrogen (secondary N) is 2. The second-order valence-electron chi connectivity index (χ2n) is 7.05. The summed E-state index contributed by atoms with van der Waals surface area (Å²) in [5.74, 6) is 0.512. The van der Waals surface area contributed by atoms with Gasteiger partial charge in [0.05, 0.1) is 12.2 Å². The van der Waals surface area contributed by atoms with E-state index in [4.69, 9.17) is 4.74 Å². The van der Waals surface area contributed by atoms with Crippen LogP contribution in [0.15, 0.2) is 85.2 Å². The van der Waals surface area contributed by atoms with Crippen LogP contribution in [0.4, 0.5) is 5.69 Å². The molecule has 0 radical (unpaired) electrons. The summed E-state index contributed by atoms with van der Waals surface area (Å²) < 4.78 is 5.93. The fourth-order valence-electron chi connectivity index (χ4n) is 3.23. The Balaban J connectivity index is 1.42. The van der Waals surface area contributed by atoms with Crippen LogP contribution < -0.4 is 15.4 Å². The summed E-state index contributed by atoms with van der Waals surface area (Å²) in [6.45, 7) is 1.81. The molecular weight excluding hydrogens is 390 g/mol. The van der Waals surface area contributed by atoms with E-state index in [0.717, 1.165) is 16.3 Å². The van der Waals surface area contributed by atoms with Crippen LogP contribution in [-0.4, -0.2) is 23.3 Å². The summed E-state index contributed by atoms with van der Waals surface area (Å²) >= 11 is 0. The number of hydrogen-bond donors (Lipinski definition) is 2. The van der Waals surface area contributed by atoms with Crippen LogP contribution >= 0.6 is 0 Å². The van der Waals surface area contributed by atoms with Crippen LogP contribution in [0.2, 0.25) is 0 Å². The standard InChI is InChI=1S/C25H21N3O3/c1-17-6-4-8-19(14-17)31-23-11-3-2-10-22(23)28-24(29)16-27-25(30)20-9-5-7-18-12-13-26-15-21(18)20/h2-15H,16H2,1H3,(H,27,30)(H,28,29). The third kappa shape index (κ3) is 4.87. The Bertz CT molecular complexity index is 1250. The fraction of sp³-hybridized carbons (Fsp3) is 0.0800. The van der Waals surface area contributed by atoms with Gasteiger partial charge in [0.25, 0.3) is 5.91 Å². The van der Waals surface area contributed by atoms with Gasteiger partial charge in [-0.2, -0.15) is 0 Å². The van der Waals surface area contributed by atoms with Gasteiger partial charge in [-0.3, -0.25) is 14.6 Å². The van der Waals surface area contributed by atoms with E-state index in [1.54, 1.807) is 42.7 Å². The highest BCUT2D eigenvalue weighted by Gasteiger charge is 2.13. The normalized spacial score (nSPS) is 10.5. The summed E-state index contributed by atoms with van der Waals surface area (Å²) in [5, 5.41) is 7.11. The maximum atomic E-state index is 12.6. The number of benzene rings is 3. The molecule has 2 amide bonds. The van der Waals surface area contributed by atoms with E-state index in [0.29, 0.717) is 22.7 Å². The predicted octanol–water partition coefficient (Wildman–Crippen LogP) is 4.70. The van der Waals surface area contributed by atoms with Crippen LogP contribution in [-0.2, 0) is 4.79 Å². The van der Waals surface area contributed by atoms with E-state index in [9.17, 15) is 9.59 Å². The van der Waals surface area contributed by atoms with Crippen molar-refractivity contribution in [3.05, 3.63) is 96.3 Å². The lowest BCUT2D eigenvalue weighted by molar-refractivity contribution is -0.115. The molecule has 6 heteroatoms. The van der Waals surface area contributed by atoms with E-state index >= 15 is 0 Å². The van der Waals surface area contributed by atoms with Gasteiger partial charge >= 0.3 is 0 Å². The molecular formula is C25H21N3O3. The molecule has 3 aromatic carbocycles. The van der Waals surface area contributed by atoms with Gasteiger partial charge in [0.1, 0.15) is 5.75 Å². The van der Waals surface area contributed by atoms with E-state index in [1.165, 1.54) is 0 Å². The van der Waals surface area contributed by atoms with Crippen molar-refractivity contribution in [2.45, 2.75) is 6.92 Å². The minimum atomic E-state index is -0.355. The molecule has 4 rings (SSSR count). The Morgan fingerprint density at radius 3 is 2.68 bits per heavy atom. The number of ether oxygens (including phenoxy) is 1. The molecule has 0 atom stereocenters. The number of aromatic nitrogens is 1. The first-order valence-corrected chi connectivity index (χ1v) is 9.84.